The zero-order valence-electron chi connectivity index (χ0n) is 12.7. The first kappa shape index (κ1) is 15.5. The van der Waals surface area contributed by atoms with Crippen LogP contribution in [0.25, 0.3) is 0 Å². The summed E-state index contributed by atoms with van der Waals surface area (Å²) in [5.74, 6) is -1.77. The zero-order chi connectivity index (χ0) is 15.4. The smallest absolute Gasteiger partial charge is 0.307 e. The molecular weight excluding hydrogens is 266 g/mol. The van der Waals surface area contributed by atoms with Gasteiger partial charge < -0.3 is 10.0 Å². The Morgan fingerprint density at radius 2 is 1.90 bits per heavy atom. The Morgan fingerprint density at radius 1 is 1.24 bits per heavy atom. The summed E-state index contributed by atoms with van der Waals surface area (Å²) in [4.78, 5) is 25.6. The average molecular weight is 289 g/mol. The van der Waals surface area contributed by atoms with E-state index in [-0.39, 0.29) is 11.8 Å². The molecule has 0 aliphatic heterocycles. The number of amides is 1. The van der Waals surface area contributed by atoms with Gasteiger partial charge in [0, 0.05) is 13.6 Å². The molecule has 2 atom stereocenters. The van der Waals surface area contributed by atoms with Gasteiger partial charge >= 0.3 is 5.97 Å². The van der Waals surface area contributed by atoms with E-state index < -0.39 is 11.9 Å². The monoisotopic (exact) mass is 289 g/mol. The van der Waals surface area contributed by atoms with Crippen molar-refractivity contribution in [2.45, 2.75) is 39.2 Å². The van der Waals surface area contributed by atoms with Crippen molar-refractivity contribution in [1.29, 1.82) is 0 Å². The van der Waals surface area contributed by atoms with Crippen molar-refractivity contribution in [1.82, 2.24) is 4.90 Å². The molecule has 1 fully saturated rings. The number of hydrogen-bond donors (Lipinski definition) is 1. The average Bonchev–Trinajstić information content (AvgIpc) is 2.46. The van der Waals surface area contributed by atoms with Crippen LogP contribution in [0.3, 0.4) is 0 Å². The van der Waals surface area contributed by atoms with Crippen LogP contribution in [-0.4, -0.2) is 28.9 Å². The minimum absolute atomic E-state index is 0.0383. The maximum absolute atomic E-state index is 12.6. The highest BCUT2D eigenvalue weighted by atomic mass is 16.4. The van der Waals surface area contributed by atoms with Gasteiger partial charge in [0.25, 0.3) is 0 Å². The van der Waals surface area contributed by atoms with E-state index in [0.717, 1.165) is 24.0 Å². The van der Waals surface area contributed by atoms with Crippen LogP contribution in [0.5, 0.6) is 0 Å². The standard InChI is InChI=1S/C17H23NO3/c1-12-6-5-7-13(10-12)11-18(2)16(19)14-8-3-4-9-15(14)17(20)21/h5-7,10,14-15H,3-4,8-9,11H2,1-2H3,(H,20,21)/t14-,15+/m1/s1. The molecule has 1 saturated carbocycles. The molecule has 0 heterocycles. The van der Waals surface area contributed by atoms with Crippen LogP contribution in [0.4, 0.5) is 0 Å². The highest BCUT2D eigenvalue weighted by Crippen LogP contribution is 2.31. The summed E-state index contributed by atoms with van der Waals surface area (Å²) >= 11 is 0. The highest BCUT2D eigenvalue weighted by Gasteiger charge is 2.36. The van der Waals surface area contributed by atoms with Gasteiger partial charge in [-0.15, -0.1) is 0 Å². The van der Waals surface area contributed by atoms with E-state index in [4.69, 9.17) is 0 Å². The molecule has 1 N–H and O–H groups in total. The molecule has 1 aromatic carbocycles. The fraction of sp³-hybridized carbons (Fsp3) is 0.529. The Hall–Kier alpha value is -1.84. The number of benzene rings is 1. The SMILES string of the molecule is Cc1cccc(CN(C)C(=O)[C@@H]2CCCC[C@@H]2C(=O)O)c1. The van der Waals surface area contributed by atoms with Crippen molar-refractivity contribution in [2.24, 2.45) is 11.8 Å². The Morgan fingerprint density at radius 3 is 2.52 bits per heavy atom. The van der Waals surface area contributed by atoms with Gasteiger partial charge in [0.1, 0.15) is 0 Å². The van der Waals surface area contributed by atoms with Gasteiger partial charge in [0.2, 0.25) is 5.91 Å². The summed E-state index contributed by atoms with van der Waals surface area (Å²) in [6.07, 6.45) is 3.15. The number of carbonyl (C=O) groups is 2. The predicted molar refractivity (Wildman–Crippen MR) is 80.7 cm³/mol. The van der Waals surface area contributed by atoms with Crippen molar-refractivity contribution in [3.63, 3.8) is 0 Å². The zero-order valence-corrected chi connectivity index (χ0v) is 12.7. The second-order valence-corrected chi connectivity index (χ2v) is 6.02. The van der Waals surface area contributed by atoms with Crippen LogP contribution in [0.2, 0.25) is 0 Å². The van der Waals surface area contributed by atoms with Crippen molar-refractivity contribution in [3.8, 4) is 0 Å². The molecule has 0 saturated heterocycles. The molecule has 21 heavy (non-hydrogen) atoms. The summed E-state index contributed by atoms with van der Waals surface area (Å²) in [6, 6.07) is 8.04. The molecule has 0 radical (unpaired) electrons. The van der Waals surface area contributed by atoms with E-state index in [0.29, 0.717) is 19.4 Å². The number of carbonyl (C=O) groups excluding carboxylic acids is 1. The molecule has 0 bridgehead atoms. The number of carboxylic acid groups (broad SMARTS) is 1. The Bertz CT molecular complexity index is 527. The quantitative estimate of drug-likeness (QED) is 0.927. The molecule has 114 valence electrons. The maximum atomic E-state index is 12.6. The van der Waals surface area contributed by atoms with Crippen LogP contribution >= 0.6 is 0 Å². The highest BCUT2D eigenvalue weighted by molar-refractivity contribution is 5.84. The summed E-state index contributed by atoms with van der Waals surface area (Å²) in [5.41, 5.74) is 2.24. The molecule has 1 aromatic rings. The van der Waals surface area contributed by atoms with Crippen LogP contribution in [0.1, 0.15) is 36.8 Å². The molecule has 1 amide bonds. The van der Waals surface area contributed by atoms with E-state index in [2.05, 4.69) is 6.07 Å². The van der Waals surface area contributed by atoms with E-state index in [1.165, 1.54) is 0 Å². The van der Waals surface area contributed by atoms with Crippen LogP contribution in [-0.2, 0) is 16.1 Å². The van der Waals surface area contributed by atoms with Gasteiger partial charge in [-0.05, 0) is 25.3 Å². The van der Waals surface area contributed by atoms with Gasteiger partial charge in [0.15, 0.2) is 0 Å². The number of nitrogens with zero attached hydrogens (tertiary/aromatic N) is 1. The summed E-state index contributed by atoms with van der Waals surface area (Å²) < 4.78 is 0. The lowest BCUT2D eigenvalue weighted by Crippen LogP contribution is -2.40. The summed E-state index contributed by atoms with van der Waals surface area (Å²) in [7, 11) is 1.76. The Labute approximate surface area is 125 Å². The van der Waals surface area contributed by atoms with E-state index in [1.807, 2.05) is 25.1 Å². The minimum atomic E-state index is -0.836. The fourth-order valence-electron chi connectivity index (χ4n) is 3.17. The number of aryl methyl sites for hydroxylation is 1. The van der Waals surface area contributed by atoms with Crippen LogP contribution < -0.4 is 0 Å². The third-order valence-corrected chi connectivity index (χ3v) is 4.28. The van der Waals surface area contributed by atoms with Gasteiger partial charge in [-0.2, -0.15) is 0 Å². The Kier molecular flexibility index (Phi) is 4.99. The first-order chi connectivity index (χ1) is 9.99. The third kappa shape index (κ3) is 3.84. The van der Waals surface area contributed by atoms with Gasteiger partial charge in [0.05, 0.1) is 11.8 Å². The second kappa shape index (κ2) is 6.74. The summed E-state index contributed by atoms with van der Waals surface area (Å²) in [5, 5.41) is 9.29. The molecule has 0 unspecified atom stereocenters. The molecule has 4 nitrogen and oxygen atoms in total. The lowest BCUT2D eigenvalue weighted by molar-refractivity contribution is -0.152. The van der Waals surface area contributed by atoms with Crippen molar-refractivity contribution in [2.75, 3.05) is 7.05 Å². The molecular formula is C17H23NO3. The van der Waals surface area contributed by atoms with Crippen molar-refractivity contribution in [3.05, 3.63) is 35.4 Å². The second-order valence-electron chi connectivity index (χ2n) is 6.02. The lowest BCUT2D eigenvalue weighted by atomic mass is 9.78. The lowest BCUT2D eigenvalue weighted by Gasteiger charge is -2.31. The van der Waals surface area contributed by atoms with Gasteiger partial charge in [-0.1, -0.05) is 42.7 Å². The van der Waals surface area contributed by atoms with Gasteiger partial charge in [-0.3, -0.25) is 9.59 Å². The molecule has 4 heteroatoms. The molecule has 1 aliphatic rings. The van der Waals surface area contributed by atoms with Gasteiger partial charge in [-0.25, -0.2) is 0 Å². The number of rotatable bonds is 4. The molecule has 0 spiro atoms. The number of carboxylic acids is 1. The van der Waals surface area contributed by atoms with Crippen molar-refractivity contribution >= 4 is 11.9 Å². The predicted octanol–water partition coefficient (Wildman–Crippen LogP) is 2.84. The largest absolute Gasteiger partial charge is 0.481 e. The van der Waals surface area contributed by atoms with Crippen LogP contribution in [0.15, 0.2) is 24.3 Å². The molecule has 2 rings (SSSR count). The molecule has 0 aromatic heterocycles. The number of aliphatic carboxylic acids is 1. The van der Waals surface area contributed by atoms with Crippen molar-refractivity contribution < 1.29 is 14.7 Å². The van der Waals surface area contributed by atoms with E-state index in [9.17, 15) is 14.7 Å². The first-order valence-corrected chi connectivity index (χ1v) is 7.52. The van der Waals surface area contributed by atoms with Crippen LogP contribution in [0, 0.1) is 18.8 Å². The topological polar surface area (TPSA) is 57.6 Å². The minimum Gasteiger partial charge on any atom is -0.481 e. The van der Waals surface area contributed by atoms with E-state index >= 15 is 0 Å². The fourth-order valence-corrected chi connectivity index (χ4v) is 3.17. The number of hydrogen-bond acceptors (Lipinski definition) is 2. The Balaban J connectivity index is 2.05. The third-order valence-electron chi connectivity index (χ3n) is 4.28. The molecule has 1 aliphatic carbocycles. The van der Waals surface area contributed by atoms with E-state index in [1.54, 1.807) is 11.9 Å². The first-order valence-electron chi connectivity index (χ1n) is 7.52. The normalized spacial score (nSPS) is 21.8. The summed E-state index contributed by atoms with van der Waals surface area (Å²) in [6.45, 7) is 2.55. The maximum Gasteiger partial charge on any atom is 0.307 e.